The van der Waals surface area contributed by atoms with Gasteiger partial charge >= 0.3 is 5.69 Å². The minimum atomic E-state index is -0.519. The Kier molecular flexibility index (Phi) is 6.33. The number of nitro groups is 1. The van der Waals surface area contributed by atoms with E-state index in [9.17, 15) is 15.4 Å². The van der Waals surface area contributed by atoms with E-state index in [-0.39, 0.29) is 23.8 Å². The number of aryl methyl sites for hydroxylation is 1. The summed E-state index contributed by atoms with van der Waals surface area (Å²) in [5, 5.41) is 22.1. The highest BCUT2D eigenvalue weighted by atomic mass is 32.1. The first-order chi connectivity index (χ1) is 16.0. The van der Waals surface area contributed by atoms with E-state index in [2.05, 4.69) is 11.1 Å². The fourth-order valence-corrected chi connectivity index (χ4v) is 4.31. The Bertz CT molecular complexity index is 1390. The van der Waals surface area contributed by atoms with Gasteiger partial charge in [0.1, 0.15) is 17.7 Å². The standard InChI is InChI=1S/C25H19N3O4S/c1-16-6-5-7-17(10-16)15-32-24-21(28(29)30)12-18(13-22(24)31-2)11-19(14-26)25-27-20-8-3-4-9-23(20)33-25/h3-13H,15H2,1-2H3/b19-11-. The quantitative estimate of drug-likeness (QED) is 0.187. The molecule has 0 spiro atoms. The monoisotopic (exact) mass is 457 g/mol. The van der Waals surface area contributed by atoms with Crippen molar-refractivity contribution in [2.45, 2.75) is 13.5 Å². The zero-order valence-electron chi connectivity index (χ0n) is 17.9. The van der Waals surface area contributed by atoms with E-state index in [0.29, 0.717) is 16.1 Å². The van der Waals surface area contributed by atoms with Crippen LogP contribution in [0.4, 0.5) is 5.69 Å². The Labute approximate surface area is 194 Å². The summed E-state index contributed by atoms with van der Waals surface area (Å²) in [6.45, 7) is 2.12. The van der Waals surface area contributed by atoms with Crippen LogP contribution in [0.5, 0.6) is 11.5 Å². The fourth-order valence-electron chi connectivity index (χ4n) is 3.38. The number of hydrogen-bond acceptors (Lipinski definition) is 7. The third-order valence-corrected chi connectivity index (χ3v) is 5.97. The van der Waals surface area contributed by atoms with Crippen molar-refractivity contribution in [2.24, 2.45) is 0 Å². The first-order valence-corrected chi connectivity index (χ1v) is 10.8. The van der Waals surface area contributed by atoms with Crippen LogP contribution in [0.3, 0.4) is 0 Å². The molecule has 1 heterocycles. The van der Waals surface area contributed by atoms with Crippen LogP contribution in [0.1, 0.15) is 21.7 Å². The first kappa shape index (κ1) is 22.0. The highest BCUT2D eigenvalue weighted by Crippen LogP contribution is 2.40. The summed E-state index contributed by atoms with van der Waals surface area (Å²) in [6.07, 6.45) is 1.57. The van der Waals surface area contributed by atoms with Gasteiger partial charge < -0.3 is 9.47 Å². The molecule has 0 aliphatic rings. The van der Waals surface area contributed by atoms with Gasteiger partial charge in [-0.15, -0.1) is 11.3 Å². The van der Waals surface area contributed by atoms with Crippen molar-refractivity contribution >= 4 is 38.9 Å². The average molecular weight is 458 g/mol. The van der Waals surface area contributed by atoms with E-state index < -0.39 is 4.92 Å². The van der Waals surface area contributed by atoms with E-state index >= 15 is 0 Å². The Morgan fingerprint density at radius 1 is 1.21 bits per heavy atom. The number of benzene rings is 3. The first-order valence-electron chi connectivity index (χ1n) is 10.0. The lowest BCUT2D eigenvalue weighted by molar-refractivity contribution is -0.386. The Morgan fingerprint density at radius 3 is 2.73 bits per heavy atom. The van der Waals surface area contributed by atoms with Crippen LogP contribution in [0.15, 0.2) is 60.7 Å². The fraction of sp³-hybridized carbons (Fsp3) is 0.120. The van der Waals surface area contributed by atoms with E-state index in [0.717, 1.165) is 21.3 Å². The molecule has 3 aromatic carbocycles. The summed E-state index contributed by atoms with van der Waals surface area (Å²) in [6, 6.07) is 20.4. The van der Waals surface area contributed by atoms with Gasteiger partial charge in [-0.1, -0.05) is 42.0 Å². The molecule has 0 N–H and O–H groups in total. The van der Waals surface area contributed by atoms with Crippen LogP contribution in [0.25, 0.3) is 21.9 Å². The maximum Gasteiger partial charge on any atom is 0.315 e. The zero-order valence-corrected chi connectivity index (χ0v) is 18.8. The van der Waals surface area contributed by atoms with Gasteiger partial charge in [0, 0.05) is 6.07 Å². The number of hydrogen-bond donors (Lipinski definition) is 0. The SMILES string of the molecule is COc1cc(/C=C(/C#N)c2nc3ccccc3s2)cc([N+](=O)[O-])c1OCc1cccc(C)c1. The molecule has 0 unspecified atom stereocenters. The minimum Gasteiger partial charge on any atom is -0.493 e. The van der Waals surface area contributed by atoms with E-state index in [1.807, 2.05) is 55.5 Å². The number of fused-ring (bicyclic) bond motifs is 1. The molecule has 0 saturated carbocycles. The predicted molar refractivity (Wildman–Crippen MR) is 128 cm³/mol. The van der Waals surface area contributed by atoms with Crippen molar-refractivity contribution in [1.82, 2.24) is 4.98 Å². The molecule has 8 heteroatoms. The highest BCUT2D eigenvalue weighted by molar-refractivity contribution is 7.19. The molecule has 4 rings (SSSR count). The van der Waals surface area contributed by atoms with Gasteiger partial charge in [0.15, 0.2) is 5.75 Å². The minimum absolute atomic E-state index is 0.0413. The molecule has 0 amide bonds. The normalized spacial score (nSPS) is 11.2. The molecule has 0 radical (unpaired) electrons. The highest BCUT2D eigenvalue weighted by Gasteiger charge is 2.23. The summed E-state index contributed by atoms with van der Waals surface area (Å²) < 4.78 is 12.2. The van der Waals surface area contributed by atoms with Gasteiger partial charge in [-0.25, -0.2) is 4.98 Å². The number of ether oxygens (including phenoxy) is 2. The number of nitrogens with zero attached hydrogens (tertiary/aromatic N) is 3. The van der Waals surface area contributed by atoms with Crippen molar-refractivity contribution in [3.63, 3.8) is 0 Å². The summed E-state index contributed by atoms with van der Waals surface area (Å²) in [5.41, 5.74) is 3.25. The number of aromatic nitrogens is 1. The maximum absolute atomic E-state index is 11.8. The number of nitro benzene ring substituents is 1. The van der Waals surface area contributed by atoms with Crippen molar-refractivity contribution < 1.29 is 14.4 Å². The Morgan fingerprint density at radius 2 is 2.03 bits per heavy atom. The van der Waals surface area contributed by atoms with Crippen LogP contribution in [-0.2, 0) is 6.61 Å². The lowest BCUT2D eigenvalue weighted by Gasteiger charge is -2.12. The van der Waals surface area contributed by atoms with Crippen molar-refractivity contribution in [3.8, 4) is 17.6 Å². The third-order valence-electron chi connectivity index (χ3n) is 4.90. The molecule has 4 aromatic rings. The molecule has 7 nitrogen and oxygen atoms in total. The second-order valence-corrected chi connectivity index (χ2v) is 8.29. The van der Waals surface area contributed by atoms with E-state index in [4.69, 9.17) is 9.47 Å². The van der Waals surface area contributed by atoms with Crippen LogP contribution in [-0.4, -0.2) is 17.0 Å². The average Bonchev–Trinajstić information content (AvgIpc) is 3.25. The maximum atomic E-state index is 11.8. The van der Waals surface area contributed by atoms with Crippen molar-refractivity contribution in [2.75, 3.05) is 7.11 Å². The molecule has 0 bridgehead atoms. The number of allylic oxidation sites excluding steroid dienone is 1. The number of rotatable bonds is 7. The number of nitriles is 1. The number of thiazole rings is 1. The molecule has 1 aromatic heterocycles. The van der Waals surface area contributed by atoms with Crippen LogP contribution < -0.4 is 9.47 Å². The topological polar surface area (TPSA) is 98.3 Å². The van der Waals surface area contributed by atoms with Gasteiger partial charge in [0.25, 0.3) is 0 Å². The lowest BCUT2D eigenvalue weighted by atomic mass is 10.1. The molecule has 33 heavy (non-hydrogen) atoms. The molecular formula is C25H19N3O4S. The number of para-hydroxylation sites is 1. The van der Waals surface area contributed by atoms with Crippen molar-refractivity contribution in [3.05, 3.63) is 92.5 Å². The molecule has 0 fully saturated rings. The van der Waals surface area contributed by atoms with Gasteiger partial charge in [-0.05, 0) is 42.3 Å². The van der Waals surface area contributed by atoms with Gasteiger partial charge in [-0.3, -0.25) is 10.1 Å². The molecule has 0 aliphatic carbocycles. The molecule has 0 aliphatic heterocycles. The Hall–Kier alpha value is -4.22. The molecular weight excluding hydrogens is 438 g/mol. The summed E-state index contributed by atoms with van der Waals surface area (Å²) in [4.78, 5) is 15.8. The molecule has 0 atom stereocenters. The lowest BCUT2D eigenvalue weighted by Crippen LogP contribution is -2.02. The van der Waals surface area contributed by atoms with Crippen LogP contribution in [0, 0.1) is 28.4 Å². The second kappa shape index (κ2) is 9.51. The van der Waals surface area contributed by atoms with E-state index in [1.165, 1.54) is 24.5 Å². The van der Waals surface area contributed by atoms with Gasteiger partial charge in [-0.2, -0.15) is 5.26 Å². The molecule has 0 saturated heterocycles. The van der Waals surface area contributed by atoms with Gasteiger partial charge in [0.05, 0.1) is 27.8 Å². The van der Waals surface area contributed by atoms with Crippen LogP contribution >= 0.6 is 11.3 Å². The van der Waals surface area contributed by atoms with Crippen LogP contribution in [0.2, 0.25) is 0 Å². The smallest absolute Gasteiger partial charge is 0.315 e. The van der Waals surface area contributed by atoms with Gasteiger partial charge in [0.2, 0.25) is 5.75 Å². The predicted octanol–water partition coefficient (Wildman–Crippen LogP) is 6.16. The third kappa shape index (κ3) is 4.84. The second-order valence-electron chi connectivity index (χ2n) is 7.26. The zero-order chi connectivity index (χ0) is 23.4. The largest absolute Gasteiger partial charge is 0.493 e. The summed E-state index contributed by atoms with van der Waals surface area (Å²) in [7, 11) is 1.42. The van der Waals surface area contributed by atoms with Crippen molar-refractivity contribution in [1.29, 1.82) is 5.26 Å². The summed E-state index contributed by atoms with van der Waals surface area (Å²) >= 11 is 1.39. The molecule has 164 valence electrons. The Balaban J connectivity index is 1.72. The summed E-state index contributed by atoms with van der Waals surface area (Å²) in [5.74, 6) is 0.254. The van der Waals surface area contributed by atoms with E-state index in [1.54, 1.807) is 12.1 Å². The number of methoxy groups -OCH3 is 1.